The number of aromatic hydroxyl groups is 1. The fourth-order valence-electron chi connectivity index (χ4n) is 5.37. The largest absolute Gasteiger partial charge is 0.507 e. The Morgan fingerprint density at radius 2 is 1.75 bits per heavy atom. The van der Waals surface area contributed by atoms with Crippen molar-refractivity contribution in [3.63, 3.8) is 0 Å². The Morgan fingerprint density at radius 1 is 1.03 bits per heavy atom. The average molecular weight is 440 g/mol. The van der Waals surface area contributed by atoms with E-state index in [1.807, 2.05) is 11.9 Å². The summed E-state index contributed by atoms with van der Waals surface area (Å²) in [5.41, 5.74) is 0.532. The first-order chi connectivity index (χ1) is 15.2. The predicted octanol–water partition coefficient (Wildman–Crippen LogP) is 4.02. The fraction of sp³-hybridized carbons (Fsp3) is 0.435. The van der Waals surface area contributed by atoms with Crippen molar-refractivity contribution >= 4 is 5.82 Å². The number of anilines is 1. The number of halogens is 2. The zero-order valence-electron chi connectivity index (χ0n) is 18.3. The first-order valence-electron chi connectivity index (χ1n) is 10.7. The maximum atomic E-state index is 15.1. The maximum absolute atomic E-state index is 15.1. The molecular weight excluding hydrogens is 414 g/mol. The first-order valence-corrected chi connectivity index (χ1v) is 10.7. The van der Waals surface area contributed by atoms with Gasteiger partial charge in [-0.25, -0.2) is 8.78 Å². The van der Waals surface area contributed by atoms with Gasteiger partial charge in [0.25, 0.3) is 0 Å². The van der Waals surface area contributed by atoms with Crippen LogP contribution in [0.3, 0.4) is 0 Å². The Hall–Kier alpha value is -3.07. The Balaban J connectivity index is 1.43. The molecule has 1 aromatic carbocycles. The molecule has 0 spiro atoms. The maximum Gasteiger partial charge on any atom is 0.155 e. The van der Waals surface area contributed by atoms with Crippen molar-refractivity contribution in [1.29, 1.82) is 0 Å². The number of nitrogens with zero attached hydrogens (tertiary/aromatic N) is 4. The normalized spacial score (nSPS) is 27.0. The molecule has 0 saturated carbocycles. The molecule has 0 aliphatic carbocycles. The second-order valence-electron chi connectivity index (χ2n) is 9.65. The number of phenolic OH excluding ortho intramolecular Hbond substituents is 1. The zero-order chi connectivity index (χ0) is 22.7. The number of nitrogens with one attached hydrogen (secondary N) is 2. The number of hydrogen-bond acceptors (Lipinski definition) is 6. The van der Waals surface area contributed by atoms with Crippen molar-refractivity contribution in [2.24, 2.45) is 0 Å². The predicted molar refractivity (Wildman–Crippen MR) is 117 cm³/mol. The van der Waals surface area contributed by atoms with Crippen molar-refractivity contribution in [2.45, 2.75) is 56.7 Å². The monoisotopic (exact) mass is 440 g/mol. The van der Waals surface area contributed by atoms with Crippen molar-refractivity contribution in [3.05, 3.63) is 42.2 Å². The minimum absolute atomic E-state index is 0.0473. The summed E-state index contributed by atoms with van der Waals surface area (Å²) >= 11 is 0. The summed E-state index contributed by atoms with van der Waals surface area (Å²) in [5, 5.41) is 28.8. The summed E-state index contributed by atoms with van der Waals surface area (Å²) in [4.78, 5) is 1.98. The van der Waals surface area contributed by atoms with E-state index in [0.717, 1.165) is 31.7 Å². The summed E-state index contributed by atoms with van der Waals surface area (Å²) in [5.74, 6) is -1.15. The number of H-pyrrole nitrogens is 1. The summed E-state index contributed by atoms with van der Waals surface area (Å²) < 4.78 is 29.8. The van der Waals surface area contributed by atoms with Crippen molar-refractivity contribution in [2.75, 3.05) is 11.9 Å². The van der Waals surface area contributed by atoms with Gasteiger partial charge in [0.05, 0.1) is 6.20 Å². The van der Waals surface area contributed by atoms with E-state index in [4.69, 9.17) is 0 Å². The molecule has 32 heavy (non-hydrogen) atoms. The van der Waals surface area contributed by atoms with E-state index in [1.165, 1.54) is 24.5 Å². The minimum Gasteiger partial charge on any atom is -0.507 e. The molecule has 0 radical (unpaired) electrons. The van der Waals surface area contributed by atoms with Gasteiger partial charge in [0.15, 0.2) is 11.6 Å². The number of hydrogen-bond donors (Lipinski definition) is 3. The van der Waals surface area contributed by atoms with Gasteiger partial charge in [0, 0.05) is 53.1 Å². The SMILES string of the molecule is CN(c1cc(F)c(-c2cc(F)c(-c3cn[nH]c3)cc2O)nn1)[C@H]1C[C@]2(C)CC[C@](C)(C1)N2. The molecule has 2 fully saturated rings. The van der Waals surface area contributed by atoms with Gasteiger partial charge in [-0.15, -0.1) is 10.2 Å². The molecule has 3 N–H and O–H groups in total. The van der Waals surface area contributed by atoms with Gasteiger partial charge < -0.3 is 15.3 Å². The number of aromatic amines is 1. The van der Waals surface area contributed by atoms with E-state index in [0.29, 0.717) is 11.4 Å². The van der Waals surface area contributed by atoms with Gasteiger partial charge in [-0.3, -0.25) is 5.10 Å². The number of phenols is 1. The third kappa shape index (κ3) is 3.50. The molecule has 3 atom stereocenters. The molecule has 168 valence electrons. The second-order valence-corrected chi connectivity index (χ2v) is 9.65. The van der Waals surface area contributed by atoms with Crippen LogP contribution in [0.5, 0.6) is 5.75 Å². The molecule has 4 heterocycles. The number of benzene rings is 1. The van der Waals surface area contributed by atoms with Crippen LogP contribution in [0.2, 0.25) is 0 Å². The standard InChI is InChI=1S/C23H26F2N6O/c1-22-4-5-23(2,30-22)10-14(9-22)31(3)20-8-18(25)21(29-28-20)16-6-17(24)15(7-19(16)32)13-11-26-27-12-13/h6-8,11-12,14,30,32H,4-5,9-10H2,1-3H3,(H,26,27)/t14-,22-,23+. The van der Waals surface area contributed by atoms with Gasteiger partial charge in [0.2, 0.25) is 0 Å². The van der Waals surface area contributed by atoms with Crippen LogP contribution in [0.1, 0.15) is 39.5 Å². The summed E-state index contributed by atoms with van der Waals surface area (Å²) in [7, 11) is 1.90. The smallest absolute Gasteiger partial charge is 0.155 e. The summed E-state index contributed by atoms with van der Waals surface area (Å²) in [6.07, 6.45) is 7.06. The van der Waals surface area contributed by atoms with Gasteiger partial charge in [0.1, 0.15) is 17.3 Å². The van der Waals surface area contributed by atoms with Crippen molar-refractivity contribution in [1.82, 2.24) is 25.7 Å². The highest BCUT2D eigenvalue weighted by Crippen LogP contribution is 2.44. The fourth-order valence-corrected chi connectivity index (χ4v) is 5.37. The van der Waals surface area contributed by atoms with Gasteiger partial charge in [-0.1, -0.05) is 0 Å². The first kappa shape index (κ1) is 20.8. The lowest BCUT2D eigenvalue weighted by Gasteiger charge is -2.45. The van der Waals surface area contributed by atoms with Crippen molar-refractivity contribution in [3.8, 4) is 28.1 Å². The third-order valence-corrected chi connectivity index (χ3v) is 7.00. The molecule has 2 aliphatic heterocycles. The quantitative estimate of drug-likeness (QED) is 0.568. The zero-order valence-corrected chi connectivity index (χ0v) is 18.3. The molecule has 2 aliphatic rings. The highest BCUT2D eigenvalue weighted by atomic mass is 19.1. The lowest BCUT2D eigenvalue weighted by atomic mass is 9.84. The third-order valence-electron chi connectivity index (χ3n) is 7.00. The highest BCUT2D eigenvalue weighted by molar-refractivity contribution is 5.74. The van der Waals surface area contributed by atoms with E-state index in [-0.39, 0.29) is 39.7 Å². The lowest BCUT2D eigenvalue weighted by Crippen LogP contribution is -2.58. The molecule has 9 heteroatoms. The van der Waals surface area contributed by atoms with E-state index < -0.39 is 11.6 Å². The number of aromatic nitrogens is 4. The Bertz CT molecular complexity index is 1150. The van der Waals surface area contributed by atoms with Crippen LogP contribution in [0.15, 0.2) is 30.6 Å². The van der Waals surface area contributed by atoms with Crippen LogP contribution < -0.4 is 10.2 Å². The number of rotatable bonds is 4. The van der Waals surface area contributed by atoms with E-state index >= 15 is 4.39 Å². The Kier molecular flexibility index (Phi) is 4.70. The number of fused-ring (bicyclic) bond motifs is 2. The molecule has 7 nitrogen and oxygen atoms in total. The molecule has 0 amide bonds. The number of piperidine rings is 1. The summed E-state index contributed by atoms with van der Waals surface area (Å²) in [6, 6.07) is 3.81. The molecule has 3 aromatic rings. The van der Waals surface area contributed by atoms with E-state index in [1.54, 1.807) is 0 Å². The van der Waals surface area contributed by atoms with E-state index in [9.17, 15) is 9.50 Å². The molecule has 2 saturated heterocycles. The van der Waals surface area contributed by atoms with Crippen LogP contribution in [0.4, 0.5) is 14.6 Å². The topological polar surface area (TPSA) is 90.0 Å². The van der Waals surface area contributed by atoms with Gasteiger partial charge in [-0.2, -0.15) is 5.10 Å². The second kappa shape index (κ2) is 7.23. The Morgan fingerprint density at radius 3 is 2.38 bits per heavy atom. The molecule has 0 unspecified atom stereocenters. The highest BCUT2D eigenvalue weighted by Gasteiger charge is 2.49. The molecule has 2 aromatic heterocycles. The van der Waals surface area contributed by atoms with E-state index in [2.05, 4.69) is 39.6 Å². The average Bonchev–Trinajstić information content (AvgIpc) is 3.34. The van der Waals surface area contributed by atoms with Crippen molar-refractivity contribution < 1.29 is 13.9 Å². The molecule has 2 bridgehead atoms. The summed E-state index contributed by atoms with van der Waals surface area (Å²) in [6.45, 7) is 4.47. The molecular formula is C23H26F2N6O. The van der Waals surface area contributed by atoms with Gasteiger partial charge >= 0.3 is 0 Å². The van der Waals surface area contributed by atoms with Crippen LogP contribution in [-0.4, -0.2) is 49.7 Å². The van der Waals surface area contributed by atoms with Gasteiger partial charge in [-0.05, 0) is 51.7 Å². The van der Waals surface area contributed by atoms with Crippen LogP contribution in [0.25, 0.3) is 22.4 Å². The van der Waals surface area contributed by atoms with Crippen LogP contribution in [-0.2, 0) is 0 Å². The lowest BCUT2D eigenvalue weighted by molar-refractivity contribution is 0.207. The molecule has 5 rings (SSSR count). The van der Waals surface area contributed by atoms with Crippen LogP contribution >= 0.6 is 0 Å². The van der Waals surface area contributed by atoms with Crippen LogP contribution in [0, 0.1) is 11.6 Å². The minimum atomic E-state index is -0.665. The Labute approximate surface area is 184 Å².